The van der Waals surface area contributed by atoms with Crippen LogP contribution < -0.4 is 15.0 Å². The van der Waals surface area contributed by atoms with E-state index in [1.165, 1.54) is 0 Å². The molecule has 0 radical (unpaired) electrons. The number of piperidine rings is 1. The summed E-state index contributed by atoms with van der Waals surface area (Å²) in [6, 6.07) is 18.7. The SMILES string of the molecule is O=S(=O)(c1cccc(Oc2ccc(Cl)cc2)c1)N1CC2C(CNc3ccc(N4CCOCC4)c(F)c3)C2C1. The Morgan fingerprint density at radius 3 is 2.42 bits per heavy atom. The number of rotatable bonds is 8. The molecule has 2 aliphatic heterocycles. The largest absolute Gasteiger partial charge is 0.457 e. The highest BCUT2D eigenvalue weighted by Crippen LogP contribution is 2.52. The number of nitrogens with one attached hydrogen (secondary N) is 1. The monoisotopic (exact) mass is 557 g/mol. The number of benzene rings is 3. The molecule has 2 saturated heterocycles. The molecule has 3 aromatic rings. The summed E-state index contributed by atoms with van der Waals surface area (Å²) in [5.41, 5.74) is 1.34. The van der Waals surface area contributed by atoms with Crippen LogP contribution in [0.15, 0.2) is 71.6 Å². The number of hydrogen-bond acceptors (Lipinski definition) is 6. The van der Waals surface area contributed by atoms with Gasteiger partial charge in [-0.15, -0.1) is 0 Å². The van der Waals surface area contributed by atoms with Gasteiger partial charge in [0.15, 0.2) is 0 Å². The predicted molar refractivity (Wildman–Crippen MR) is 145 cm³/mol. The Kier molecular flexibility index (Phi) is 6.94. The molecule has 1 aliphatic carbocycles. The lowest BCUT2D eigenvalue weighted by molar-refractivity contribution is 0.122. The van der Waals surface area contributed by atoms with Gasteiger partial charge in [0.2, 0.25) is 10.0 Å². The topological polar surface area (TPSA) is 71.1 Å². The maximum atomic E-state index is 14.7. The molecule has 3 aromatic carbocycles. The van der Waals surface area contributed by atoms with E-state index in [0.717, 1.165) is 5.69 Å². The fraction of sp³-hybridized carbons (Fsp3) is 0.357. The minimum atomic E-state index is -3.63. The fourth-order valence-electron chi connectivity index (χ4n) is 5.51. The Hall–Kier alpha value is -2.85. The van der Waals surface area contributed by atoms with E-state index < -0.39 is 10.0 Å². The molecular formula is C28H29ClFN3O4S. The van der Waals surface area contributed by atoms with E-state index in [2.05, 4.69) is 5.32 Å². The molecule has 2 heterocycles. The van der Waals surface area contributed by atoms with Gasteiger partial charge in [0, 0.05) is 49.5 Å². The number of nitrogens with zero attached hydrogens (tertiary/aromatic N) is 2. The van der Waals surface area contributed by atoms with Gasteiger partial charge in [-0.3, -0.25) is 0 Å². The van der Waals surface area contributed by atoms with Gasteiger partial charge in [0.25, 0.3) is 0 Å². The van der Waals surface area contributed by atoms with Crippen molar-refractivity contribution in [1.82, 2.24) is 4.31 Å². The minimum absolute atomic E-state index is 0.218. The van der Waals surface area contributed by atoms with Gasteiger partial charge in [-0.25, -0.2) is 12.8 Å². The smallest absolute Gasteiger partial charge is 0.243 e. The molecule has 2 unspecified atom stereocenters. The van der Waals surface area contributed by atoms with Gasteiger partial charge < -0.3 is 19.7 Å². The van der Waals surface area contributed by atoms with Crippen LogP contribution >= 0.6 is 11.6 Å². The molecular weight excluding hydrogens is 529 g/mol. The number of halogens is 2. The van der Waals surface area contributed by atoms with Crippen LogP contribution in [-0.2, 0) is 14.8 Å². The average Bonchev–Trinajstić information content (AvgIpc) is 3.36. The van der Waals surface area contributed by atoms with E-state index in [-0.39, 0.29) is 10.7 Å². The first kappa shape index (κ1) is 25.4. The van der Waals surface area contributed by atoms with Gasteiger partial charge in [-0.2, -0.15) is 4.31 Å². The van der Waals surface area contributed by atoms with Crippen molar-refractivity contribution < 1.29 is 22.3 Å². The Morgan fingerprint density at radius 2 is 1.71 bits per heavy atom. The second-order valence-electron chi connectivity index (χ2n) is 9.99. The van der Waals surface area contributed by atoms with Gasteiger partial charge in [-0.1, -0.05) is 17.7 Å². The van der Waals surface area contributed by atoms with Crippen LogP contribution in [0.3, 0.4) is 0 Å². The number of ether oxygens (including phenoxy) is 2. The third-order valence-corrected chi connectivity index (χ3v) is 9.75. The number of hydrogen-bond donors (Lipinski definition) is 1. The van der Waals surface area contributed by atoms with Crippen molar-refractivity contribution in [3.63, 3.8) is 0 Å². The van der Waals surface area contributed by atoms with Crippen molar-refractivity contribution in [1.29, 1.82) is 0 Å². The molecule has 0 bridgehead atoms. The molecule has 2 atom stereocenters. The molecule has 3 aliphatic rings. The van der Waals surface area contributed by atoms with Crippen molar-refractivity contribution in [2.24, 2.45) is 17.8 Å². The maximum absolute atomic E-state index is 14.7. The summed E-state index contributed by atoms with van der Waals surface area (Å²) in [7, 11) is -3.63. The van der Waals surface area contributed by atoms with Crippen LogP contribution in [0.5, 0.6) is 11.5 Å². The molecule has 7 nitrogen and oxygen atoms in total. The zero-order valence-corrected chi connectivity index (χ0v) is 22.3. The van der Waals surface area contributed by atoms with Gasteiger partial charge in [0.1, 0.15) is 17.3 Å². The summed E-state index contributed by atoms with van der Waals surface area (Å²) >= 11 is 5.92. The van der Waals surface area contributed by atoms with Crippen molar-refractivity contribution in [2.75, 3.05) is 56.2 Å². The first-order chi connectivity index (χ1) is 18.4. The van der Waals surface area contributed by atoms with Crippen molar-refractivity contribution >= 4 is 33.0 Å². The van der Waals surface area contributed by atoms with Crippen LogP contribution in [-0.4, -0.2) is 58.7 Å². The Labute approximate surface area is 227 Å². The lowest BCUT2D eigenvalue weighted by atomic mass is 10.2. The van der Waals surface area contributed by atoms with E-state index in [4.69, 9.17) is 21.1 Å². The second kappa shape index (κ2) is 10.4. The van der Waals surface area contributed by atoms with Crippen molar-refractivity contribution in [3.05, 3.63) is 77.6 Å². The first-order valence-corrected chi connectivity index (χ1v) is 14.6. The number of anilines is 2. The standard InChI is InChI=1S/C28H29ClFN3O4S/c29-19-4-7-21(8-5-19)37-22-2-1-3-23(15-22)38(34,35)33-17-25-24(26(25)18-33)16-31-20-6-9-28(27(30)14-20)32-10-12-36-13-11-32/h1-9,14-15,24-26,31H,10-13,16-18H2. The van der Waals surface area contributed by atoms with Gasteiger partial charge in [0.05, 0.1) is 23.8 Å². The lowest BCUT2D eigenvalue weighted by Crippen LogP contribution is -2.36. The maximum Gasteiger partial charge on any atom is 0.243 e. The van der Waals surface area contributed by atoms with Crippen LogP contribution in [0, 0.1) is 23.6 Å². The van der Waals surface area contributed by atoms with E-state index in [1.807, 2.05) is 17.0 Å². The molecule has 3 fully saturated rings. The van der Waals surface area contributed by atoms with Crippen LogP contribution in [0.4, 0.5) is 15.8 Å². The zero-order chi connectivity index (χ0) is 26.3. The first-order valence-electron chi connectivity index (χ1n) is 12.8. The lowest BCUT2D eigenvalue weighted by Gasteiger charge is -2.29. The summed E-state index contributed by atoms with van der Waals surface area (Å²) in [6.07, 6.45) is 0. The molecule has 1 N–H and O–H groups in total. The van der Waals surface area contributed by atoms with Gasteiger partial charge >= 0.3 is 0 Å². The quantitative estimate of drug-likeness (QED) is 0.416. The third kappa shape index (κ3) is 5.20. The molecule has 38 heavy (non-hydrogen) atoms. The van der Waals surface area contributed by atoms with Crippen LogP contribution in [0.2, 0.25) is 5.02 Å². The molecule has 0 spiro atoms. The summed E-state index contributed by atoms with van der Waals surface area (Å²) in [4.78, 5) is 2.22. The highest BCUT2D eigenvalue weighted by Gasteiger charge is 2.57. The molecule has 6 rings (SSSR count). The molecule has 200 valence electrons. The summed E-state index contributed by atoms with van der Waals surface area (Å²) in [5.74, 6) is 1.78. The highest BCUT2D eigenvalue weighted by molar-refractivity contribution is 7.89. The van der Waals surface area contributed by atoms with E-state index in [1.54, 1.807) is 58.9 Å². The molecule has 10 heteroatoms. The van der Waals surface area contributed by atoms with Crippen molar-refractivity contribution in [2.45, 2.75) is 4.90 Å². The van der Waals surface area contributed by atoms with Crippen molar-refractivity contribution in [3.8, 4) is 11.5 Å². The third-order valence-electron chi connectivity index (χ3n) is 7.67. The second-order valence-corrected chi connectivity index (χ2v) is 12.4. The summed E-state index contributed by atoms with van der Waals surface area (Å²) < 4.78 is 54.1. The Morgan fingerprint density at radius 1 is 0.974 bits per heavy atom. The zero-order valence-electron chi connectivity index (χ0n) is 20.7. The Balaban J connectivity index is 1.03. The number of morpholine rings is 1. The number of sulfonamides is 1. The minimum Gasteiger partial charge on any atom is -0.457 e. The summed E-state index contributed by atoms with van der Waals surface area (Å²) in [6.45, 7) is 4.28. The molecule has 0 amide bonds. The summed E-state index contributed by atoms with van der Waals surface area (Å²) in [5, 5.41) is 3.95. The molecule has 0 aromatic heterocycles. The number of fused-ring (bicyclic) bond motifs is 1. The van der Waals surface area contributed by atoms with Crippen LogP contribution in [0.25, 0.3) is 0 Å². The average molecular weight is 558 g/mol. The fourth-order valence-corrected chi connectivity index (χ4v) is 7.19. The highest BCUT2D eigenvalue weighted by atomic mass is 35.5. The van der Waals surface area contributed by atoms with E-state index >= 15 is 0 Å². The Bertz CT molecular complexity index is 1400. The van der Waals surface area contributed by atoms with Gasteiger partial charge in [-0.05, 0) is 72.4 Å². The van der Waals surface area contributed by atoms with Crippen LogP contribution in [0.1, 0.15) is 0 Å². The normalized spacial score (nSPS) is 23.2. The molecule has 1 saturated carbocycles. The van der Waals surface area contributed by atoms with E-state index in [0.29, 0.717) is 85.9 Å². The predicted octanol–water partition coefficient (Wildman–Crippen LogP) is 5.09. The van der Waals surface area contributed by atoms with E-state index in [9.17, 15) is 12.8 Å².